The van der Waals surface area contributed by atoms with Crippen LogP contribution in [0.1, 0.15) is 6.92 Å². The molecule has 1 saturated heterocycles. The zero-order chi connectivity index (χ0) is 7.68. The van der Waals surface area contributed by atoms with Gasteiger partial charge in [-0.15, -0.1) is 0 Å². The molecule has 3 heteroatoms. The van der Waals surface area contributed by atoms with Crippen LogP contribution in [0.2, 0.25) is 5.82 Å². The van der Waals surface area contributed by atoms with Crippen molar-refractivity contribution >= 4 is 7.12 Å². The van der Waals surface area contributed by atoms with E-state index in [1.54, 1.807) is 0 Å². The molecule has 0 radical (unpaired) electrons. The number of rotatable bonds is 1. The molecule has 11 heavy (non-hydrogen) atoms. The van der Waals surface area contributed by atoms with E-state index in [0.29, 0.717) is 5.82 Å². The largest absolute Gasteiger partial charge is 0.468 e. The molecule has 0 N–H and O–H groups in total. The van der Waals surface area contributed by atoms with Gasteiger partial charge < -0.3 is 9.31 Å². The first-order valence-electron chi connectivity index (χ1n) is 3.98. The van der Waals surface area contributed by atoms with Gasteiger partial charge in [-0.25, -0.2) is 0 Å². The van der Waals surface area contributed by atoms with Crippen LogP contribution in [-0.2, 0) is 9.31 Å². The van der Waals surface area contributed by atoms with E-state index in [0.717, 1.165) is 6.61 Å². The van der Waals surface area contributed by atoms with Gasteiger partial charge in [0.1, 0.15) is 0 Å². The molecule has 0 aromatic carbocycles. The highest BCUT2D eigenvalue weighted by molar-refractivity contribution is 6.48. The van der Waals surface area contributed by atoms with Gasteiger partial charge in [0.25, 0.3) is 0 Å². The monoisotopic (exact) mass is 150 g/mol. The van der Waals surface area contributed by atoms with Crippen LogP contribution in [0.3, 0.4) is 0 Å². The Bertz CT molecular complexity index is 188. The summed E-state index contributed by atoms with van der Waals surface area (Å²) in [4.78, 5) is 0. The van der Waals surface area contributed by atoms with Gasteiger partial charge in [0.2, 0.25) is 0 Å². The molecule has 58 valence electrons. The van der Waals surface area contributed by atoms with Gasteiger partial charge in [0, 0.05) is 5.82 Å². The van der Waals surface area contributed by atoms with Crippen LogP contribution in [0.5, 0.6) is 0 Å². The quantitative estimate of drug-likeness (QED) is 0.526. The van der Waals surface area contributed by atoms with Crippen molar-refractivity contribution in [2.24, 2.45) is 0 Å². The Morgan fingerprint density at radius 3 is 2.64 bits per heavy atom. The van der Waals surface area contributed by atoms with Crippen LogP contribution in [0.4, 0.5) is 0 Å². The van der Waals surface area contributed by atoms with E-state index in [9.17, 15) is 0 Å². The molecule has 1 heterocycles. The van der Waals surface area contributed by atoms with Crippen LogP contribution in [0, 0.1) is 0 Å². The standard InChI is InChI=1S/C8H11BO2/c1-7-6-10-9(11-7)8-4-2-3-5-8/h2-5,7-8H,6H2,1H3. The molecule has 2 aliphatic rings. The zero-order valence-corrected chi connectivity index (χ0v) is 6.57. The van der Waals surface area contributed by atoms with Crippen LogP contribution < -0.4 is 0 Å². The smallest absolute Gasteiger partial charge is 0.408 e. The third-order valence-electron chi connectivity index (χ3n) is 1.95. The normalized spacial score (nSPS) is 30.6. The third-order valence-corrected chi connectivity index (χ3v) is 1.95. The highest BCUT2D eigenvalue weighted by Crippen LogP contribution is 2.25. The van der Waals surface area contributed by atoms with E-state index in [4.69, 9.17) is 9.31 Å². The summed E-state index contributed by atoms with van der Waals surface area (Å²) in [6, 6.07) is 0. The number of hydrogen-bond acceptors (Lipinski definition) is 2. The predicted octanol–water partition coefficient (Wildman–Crippen LogP) is 1.41. The van der Waals surface area contributed by atoms with Gasteiger partial charge in [-0.1, -0.05) is 24.3 Å². The highest BCUT2D eigenvalue weighted by atomic mass is 16.6. The van der Waals surface area contributed by atoms with Crippen molar-refractivity contribution in [3.05, 3.63) is 24.3 Å². The molecular weight excluding hydrogens is 139 g/mol. The number of allylic oxidation sites excluding steroid dienone is 4. The van der Waals surface area contributed by atoms with Crippen LogP contribution in [0.15, 0.2) is 24.3 Å². The molecule has 0 aromatic heterocycles. The lowest BCUT2D eigenvalue weighted by Crippen LogP contribution is -2.19. The van der Waals surface area contributed by atoms with Crippen molar-refractivity contribution in [1.82, 2.24) is 0 Å². The highest BCUT2D eigenvalue weighted by Gasteiger charge is 2.34. The maximum absolute atomic E-state index is 5.52. The van der Waals surface area contributed by atoms with Crippen LogP contribution in [0.25, 0.3) is 0 Å². The minimum absolute atomic E-state index is 0.0417. The van der Waals surface area contributed by atoms with E-state index in [-0.39, 0.29) is 13.2 Å². The summed E-state index contributed by atoms with van der Waals surface area (Å²) in [6.45, 7) is 2.76. The Kier molecular flexibility index (Phi) is 1.84. The van der Waals surface area contributed by atoms with Crippen LogP contribution in [-0.4, -0.2) is 19.8 Å². The first-order chi connectivity index (χ1) is 5.36. The molecule has 0 aromatic rings. The molecular formula is C8H11BO2. The number of hydrogen-bond donors (Lipinski definition) is 0. The Labute approximate surface area is 67.0 Å². The molecule has 1 atom stereocenters. The van der Waals surface area contributed by atoms with E-state index in [1.807, 2.05) is 19.1 Å². The topological polar surface area (TPSA) is 18.5 Å². The van der Waals surface area contributed by atoms with Crippen molar-refractivity contribution in [2.45, 2.75) is 18.8 Å². The summed E-state index contributed by atoms with van der Waals surface area (Å²) >= 11 is 0. The van der Waals surface area contributed by atoms with Crippen molar-refractivity contribution in [2.75, 3.05) is 6.61 Å². The second kappa shape index (κ2) is 2.84. The van der Waals surface area contributed by atoms with E-state index in [1.165, 1.54) is 0 Å². The Hall–Kier alpha value is -0.535. The summed E-state index contributed by atoms with van der Waals surface area (Å²) < 4.78 is 10.9. The van der Waals surface area contributed by atoms with Gasteiger partial charge in [-0.05, 0) is 6.92 Å². The summed E-state index contributed by atoms with van der Waals surface area (Å²) in [5.74, 6) is 0.333. The van der Waals surface area contributed by atoms with Crippen molar-refractivity contribution in [1.29, 1.82) is 0 Å². The first kappa shape index (κ1) is 7.13. The fourth-order valence-corrected chi connectivity index (χ4v) is 1.37. The minimum Gasteiger partial charge on any atom is -0.408 e. The predicted molar refractivity (Wildman–Crippen MR) is 44.3 cm³/mol. The maximum Gasteiger partial charge on any atom is 0.468 e. The molecule has 0 saturated carbocycles. The average molecular weight is 150 g/mol. The van der Waals surface area contributed by atoms with E-state index < -0.39 is 0 Å². The SMILES string of the molecule is CC1COB(C2C=CC=C2)O1. The van der Waals surface area contributed by atoms with Crippen molar-refractivity contribution < 1.29 is 9.31 Å². The second-order valence-corrected chi connectivity index (χ2v) is 3.00. The van der Waals surface area contributed by atoms with Gasteiger partial charge in [-0.2, -0.15) is 0 Å². The second-order valence-electron chi connectivity index (χ2n) is 3.00. The zero-order valence-electron chi connectivity index (χ0n) is 6.57. The Balaban J connectivity index is 1.96. The van der Waals surface area contributed by atoms with Crippen molar-refractivity contribution in [3.8, 4) is 0 Å². The molecule has 0 bridgehead atoms. The summed E-state index contributed by atoms with van der Waals surface area (Å²) in [7, 11) is -0.0417. The molecule has 1 aliphatic carbocycles. The van der Waals surface area contributed by atoms with Crippen LogP contribution >= 0.6 is 0 Å². The van der Waals surface area contributed by atoms with Gasteiger partial charge in [-0.3, -0.25) is 0 Å². The van der Waals surface area contributed by atoms with Crippen molar-refractivity contribution in [3.63, 3.8) is 0 Å². The van der Waals surface area contributed by atoms with Gasteiger partial charge >= 0.3 is 7.12 Å². The molecule has 1 fully saturated rings. The molecule has 0 spiro atoms. The summed E-state index contributed by atoms with van der Waals surface area (Å²) in [5.41, 5.74) is 0. The van der Waals surface area contributed by atoms with Gasteiger partial charge in [0.05, 0.1) is 12.7 Å². The minimum atomic E-state index is -0.0417. The molecule has 0 amide bonds. The summed E-state index contributed by atoms with van der Waals surface area (Å²) in [6.07, 6.45) is 8.51. The lowest BCUT2D eigenvalue weighted by molar-refractivity contribution is 0.256. The lowest BCUT2D eigenvalue weighted by Gasteiger charge is -2.07. The lowest BCUT2D eigenvalue weighted by atomic mass is 9.73. The first-order valence-corrected chi connectivity index (χ1v) is 3.98. The van der Waals surface area contributed by atoms with E-state index in [2.05, 4.69) is 12.2 Å². The molecule has 2 rings (SSSR count). The van der Waals surface area contributed by atoms with E-state index >= 15 is 0 Å². The Morgan fingerprint density at radius 1 is 1.36 bits per heavy atom. The molecule has 1 unspecified atom stereocenters. The third kappa shape index (κ3) is 1.39. The maximum atomic E-state index is 5.52. The molecule has 1 aliphatic heterocycles. The fraction of sp³-hybridized carbons (Fsp3) is 0.500. The molecule has 2 nitrogen and oxygen atoms in total. The average Bonchev–Trinajstić information content (AvgIpc) is 2.55. The summed E-state index contributed by atoms with van der Waals surface area (Å²) in [5, 5.41) is 0. The Morgan fingerprint density at radius 2 is 2.09 bits per heavy atom. The fourth-order valence-electron chi connectivity index (χ4n) is 1.37. The van der Waals surface area contributed by atoms with Gasteiger partial charge in [0.15, 0.2) is 0 Å².